The van der Waals surface area contributed by atoms with Gasteiger partial charge in [-0.1, -0.05) is 24.2 Å². The molecule has 0 radical (unpaired) electrons. The summed E-state index contributed by atoms with van der Waals surface area (Å²) in [6.45, 7) is 4.41. The van der Waals surface area contributed by atoms with E-state index in [1.165, 1.54) is 5.01 Å². The Bertz CT molecular complexity index is 725. The number of carbonyl (C=O) groups is 1. The van der Waals surface area contributed by atoms with E-state index in [1.54, 1.807) is 30.7 Å². The molecule has 2 heterocycles. The fraction of sp³-hybridized carbons (Fsp3) is 0.125. The molecule has 0 bridgehead atoms. The van der Waals surface area contributed by atoms with Crippen LogP contribution in [-0.4, -0.2) is 12.1 Å². The molecule has 1 atom stereocenters. The summed E-state index contributed by atoms with van der Waals surface area (Å²) >= 11 is 5.97. The van der Waals surface area contributed by atoms with Crippen molar-refractivity contribution in [2.24, 2.45) is 5.92 Å². The molecule has 0 saturated carbocycles. The minimum Gasteiger partial charge on any atom is -0.463 e. The van der Waals surface area contributed by atoms with E-state index in [9.17, 15) is 4.79 Å². The summed E-state index contributed by atoms with van der Waals surface area (Å²) in [4.78, 5) is 15.6. The molecular formula is C16H15ClN3O2+. The molecule has 22 heavy (non-hydrogen) atoms. The van der Waals surface area contributed by atoms with Crippen molar-refractivity contribution >= 4 is 29.4 Å². The molecule has 1 fully saturated rings. The number of hydrogen-bond donors (Lipinski definition) is 2. The number of anilines is 1. The number of benzene rings is 1. The highest BCUT2D eigenvalue weighted by Gasteiger charge is 2.36. The van der Waals surface area contributed by atoms with Gasteiger partial charge < -0.3 is 4.42 Å². The minimum atomic E-state index is -0.450. The third kappa shape index (κ3) is 2.89. The Labute approximate surface area is 132 Å². The van der Waals surface area contributed by atoms with Gasteiger partial charge in [-0.3, -0.25) is 10.2 Å². The zero-order valence-electron chi connectivity index (χ0n) is 11.8. The second-order valence-electron chi connectivity index (χ2n) is 4.90. The summed E-state index contributed by atoms with van der Waals surface area (Å²) in [5.74, 6) is 0.236. The van der Waals surface area contributed by atoms with E-state index >= 15 is 0 Å². The molecule has 1 amide bonds. The third-order valence-electron chi connectivity index (χ3n) is 3.32. The molecule has 2 N–H and O–H groups in total. The number of amides is 1. The van der Waals surface area contributed by atoms with E-state index in [0.29, 0.717) is 23.0 Å². The molecule has 1 aromatic carbocycles. The number of hydrogen-bond acceptors (Lipinski definition) is 3. The summed E-state index contributed by atoms with van der Waals surface area (Å²) in [7, 11) is 0. The first-order valence-corrected chi connectivity index (χ1v) is 7.17. The standard InChI is InChI=1S/C16H14ClN3O2/c1-11-15(10-18-9-14-6-3-7-22-14)16(21)20(19-11)13-5-2-4-12(17)8-13/h2-8,10,15,19H,1,9H2/p+1. The van der Waals surface area contributed by atoms with E-state index in [0.717, 1.165) is 5.76 Å². The van der Waals surface area contributed by atoms with Gasteiger partial charge in [0.15, 0.2) is 24.4 Å². The van der Waals surface area contributed by atoms with Crippen LogP contribution in [0.3, 0.4) is 0 Å². The molecule has 3 rings (SSSR count). The van der Waals surface area contributed by atoms with Crippen molar-refractivity contribution in [3.8, 4) is 0 Å². The molecule has 0 aliphatic carbocycles. The van der Waals surface area contributed by atoms with Crippen LogP contribution in [0, 0.1) is 5.92 Å². The van der Waals surface area contributed by atoms with Crippen LogP contribution in [-0.2, 0) is 11.3 Å². The predicted molar refractivity (Wildman–Crippen MR) is 84.1 cm³/mol. The lowest BCUT2D eigenvalue weighted by Gasteiger charge is -2.16. The summed E-state index contributed by atoms with van der Waals surface area (Å²) in [5.41, 5.74) is 4.27. The highest BCUT2D eigenvalue weighted by atomic mass is 35.5. The summed E-state index contributed by atoms with van der Waals surface area (Å²) < 4.78 is 5.22. The minimum absolute atomic E-state index is 0.112. The Hall–Kier alpha value is -2.53. The number of carbonyl (C=O) groups excluding carboxylic acids is 1. The number of furan rings is 1. The monoisotopic (exact) mass is 316 g/mol. The molecule has 1 aliphatic heterocycles. The number of nitrogens with zero attached hydrogens (tertiary/aromatic N) is 1. The largest absolute Gasteiger partial charge is 0.463 e. The maximum atomic E-state index is 12.5. The van der Waals surface area contributed by atoms with Crippen molar-refractivity contribution in [1.82, 2.24) is 5.43 Å². The smallest absolute Gasteiger partial charge is 0.264 e. The fourth-order valence-corrected chi connectivity index (χ4v) is 2.41. The van der Waals surface area contributed by atoms with Crippen LogP contribution in [0.25, 0.3) is 0 Å². The molecule has 0 spiro atoms. The first-order valence-electron chi connectivity index (χ1n) is 6.79. The van der Waals surface area contributed by atoms with Crippen LogP contribution in [0.5, 0.6) is 0 Å². The Morgan fingerprint density at radius 3 is 3.00 bits per heavy atom. The zero-order valence-corrected chi connectivity index (χ0v) is 12.5. The number of halogens is 1. The van der Waals surface area contributed by atoms with E-state index < -0.39 is 5.92 Å². The quantitative estimate of drug-likeness (QED) is 0.835. The first kappa shape index (κ1) is 14.4. The number of hydrazine groups is 1. The van der Waals surface area contributed by atoms with Crippen LogP contribution in [0.1, 0.15) is 5.76 Å². The van der Waals surface area contributed by atoms with Gasteiger partial charge in [-0.2, -0.15) is 0 Å². The maximum Gasteiger partial charge on any atom is 0.264 e. The Balaban J connectivity index is 1.72. The van der Waals surface area contributed by atoms with Gasteiger partial charge in [0.2, 0.25) is 0 Å². The van der Waals surface area contributed by atoms with Gasteiger partial charge in [0, 0.05) is 10.7 Å². The Morgan fingerprint density at radius 2 is 2.27 bits per heavy atom. The molecule has 6 heteroatoms. The average molecular weight is 317 g/mol. The molecule has 1 unspecified atom stereocenters. The summed E-state index contributed by atoms with van der Waals surface area (Å²) in [5, 5.41) is 2.02. The van der Waals surface area contributed by atoms with E-state index in [-0.39, 0.29) is 5.91 Å². The zero-order chi connectivity index (χ0) is 15.5. The fourth-order valence-electron chi connectivity index (χ4n) is 2.23. The van der Waals surface area contributed by atoms with E-state index in [4.69, 9.17) is 16.0 Å². The average Bonchev–Trinajstić information content (AvgIpc) is 3.10. The van der Waals surface area contributed by atoms with Crippen molar-refractivity contribution in [3.05, 3.63) is 65.7 Å². The second-order valence-corrected chi connectivity index (χ2v) is 5.33. The maximum absolute atomic E-state index is 12.5. The lowest BCUT2D eigenvalue weighted by molar-refractivity contribution is -0.474. The van der Waals surface area contributed by atoms with Gasteiger partial charge in [0.25, 0.3) is 5.91 Å². The van der Waals surface area contributed by atoms with Crippen LogP contribution in [0.4, 0.5) is 5.69 Å². The van der Waals surface area contributed by atoms with E-state index in [1.807, 2.05) is 18.2 Å². The van der Waals surface area contributed by atoms with Crippen LogP contribution < -0.4 is 15.4 Å². The van der Waals surface area contributed by atoms with Crippen molar-refractivity contribution < 1.29 is 14.2 Å². The van der Waals surface area contributed by atoms with Crippen molar-refractivity contribution in [3.63, 3.8) is 0 Å². The normalized spacial score (nSPS) is 18.2. The molecule has 1 aliphatic rings. The van der Waals surface area contributed by atoms with Crippen molar-refractivity contribution in [2.75, 3.05) is 5.01 Å². The Morgan fingerprint density at radius 1 is 1.41 bits per heavy atom. The first-order chi connectivity index (χ1) is 10.6. The van der Waals surface area contributed by atoms with Gasteiger partial charge in [-0.25, -0.2) is 10.0 Å². The van der Waals surface area contributed by atoms with Crippen LogP contribution in [0.15, 0.2) is 59.4 Å². The third-order valence-corrected chi connectivity index (χ3v) is 3.56. The highest BCUT2D eigenvalue weighted by molar-refractivity contribution is 6.31. The van der Waals surface area contributed by atoms with Gasteiger partial charge >= 0.3 is 0 Å². The molecule has 5 nitrogen and oxygen atoms in total. The number of rotatable bonds is 4. The van der Waals surface area contributed by atoms with Gasteiger partial charge in [0.05, 0.1) is 12.0 Å². The second kappa shape index (κ2) is 6.07. The summed E-state index contributed by atoms with van der Waals surface area (Å²) in [6, 6.07) is 10.8. The van der Waals surface area contributed by atoms with Gasteiger partial charge in [0.1, 0.15) is 0 Å². The topological polar surface area (TPSA) is 59.5 Å². The molecule has 1 aromatic heterocycles. The molecule has 112 valence electrons. The van der Waals surface area contributed by atoms with Crippen LogP contribution in [0.2, 0.25) is 5.02 Å². The summed E-state index contributed by atoms with van der Waals surface area (Å²) in [6.07, 6.45) is 3.32. The lowest BCUT2D eigenvalue weighted by atomic mass is 10.1. The predicted octanol–water partition coefficient (Wildman–Crippen LogP) is 1.27. The Kier molecular flexibility index (Phi) is 3.98. The van der Waals surface area contributed by atoms with E-state index in [2.05, 4.69) is 17.0 Å². The van der Waals surface area contributed by atoms with Crippen molar-refractivity contribution in [2.45, 2.75) is 6.54 Å². The lowest BCUT2D eigenvalue weighted by Crippen LogP contribution is -2.68. The number of nitrogens with one attached hydrogen (secondary N) is 2. The SMILES string of the molecule is C=C1NN(c2cccc(Cl)c2)C(=O)C1C=[NH+]Cc1ccco1. The highest BCUT2D eigenvalue weighted by Crippen LogP contribution is 2.25. The molecule has 2 aromatic rings. The molecule has 1 saturated heterocycles. The molecular weight excluding hydrogens is 302 g/mol. The van der Waals surface area contributed by atoms with Gasteiger partial charge in [-0.15, -0.1) is 0 Å². The van der Waals surface area contributed by atoms with Crippen molar-refractivity contribution in [1.29, 1.82) is 0 Å². The van der Waals surface area contributed by atoms with Crippen LogP contribution >= 0.6 is 11.6 Å². The van der Waals surface area contributed by atoms with Gasteiger partial charge in [-0.05, 0) is 30.3 Å².